The van der Waals surface area contributed by atoms with Crippen molar-refractivity contribution < 1.29 is 0 Å². The Morgan fingerprint density at radius 3 is 2.67 bits per heavy atom. The average molecular weight is 170 g/mol. The molecule has 0 aromatic rings. The molecule has 0 saturated carbocycles. The van der Waals surface area contributed by atoms with E-state index in [0.29, 0.717) is 12.1 Å². The summed E-state index contributed by atoms with van der Waals surface area (Å²) in [5.41, 5.74) is 5.75. The van der Waals surface area contributed by atoms with Gasteiger partial charge in [0.1, 0.15) is 0 Å². The van der Waals surface area contributed by atoms with Crippen LogP contribution in [0.25, 0.3) is 0 Å². The molecular formula is C10H22N2. The van der Waals surface area contributed by atoms with E-state index in [9.17, 15) is 0 Å². The van der Waals surface area contributed by atoms with Crippen molar-refractivity contribution in [3.8, 4) is 0 Å². The Hall–Kier alpha value is -0.0800. The normalized spacial score (nSPS) is 32.8. The SMILES string of the molecule is CC1CCN(C(C)C)C(CN)C1. The quantitative estimate of drug-likeness (QED) is 0.679. The zero-order chi connectivity index (χ0) is 9.14. The van der Waals surface area contributed by atoms with Gasteiger partial charge in [0.25, 0.3) is 0 Å². The van der Waals surface area contributed by atoms with Crippen LogP contribution in [-0.4, -0.2) is 30.1 Å². The summed E-state index contributed by atoms with van der Waals surface area (Å²) >= 11 is 0. The molecule has 72 valence electrons. The lowest BCUT2D eigenvalue weighted by Crippen LogP contribution is -2.49. The van der Waals surface area contributed by atoms with Crippen LogP contribution in [0.5, 0.6) is 0 Å². The minimum Gasteiger partial charge on any atom is -0.329 e. The largest absolute Gasteiger partial charge is 0.329 e. The molecule has 2 atom stereocenters. The smallest absolute Gasteiger partial charge is 0.0223 e. The van der Waals surface area contributed by atoms with E-state index in [2.05, 4.69) is 25.7 Å². The number of hydrogen-bond donors (Lipinski definition) is 1. The highest BCUT2D eigenvalue weighted by molar-refractivity contribution is 4.82. The summed E-state index contributed by atoms with van der Waals surface area (Å²) in [5, 5.41) is 0. The van der Waals surface area contributed by atoms with Crippen molar-refractivity contribution in [2.75, 3.05) is 13.1 Å². The molecule has 1 aliphatic heterocycles. The van der Waals surface area contributed by atoms with Crippen molar-refractivity contribution in [2.45, 2.75) is 45.7 Å². The van der Waals surface area contributed by atoms with Crippen LogP contribution in [0, 0.1) is 5.92 Å². The highest BCUT2D eigenvalue weighted by Crippen LogP contribution is 2.23. The summed E-state index contributed by atoms with van der Waals surface area (Å²) in [5.74, 6) is 0.869. The molecule has 0 spiro atoms. The molecule has 2 unspecified atom stereocenters. The standard InChI is InChI=1S/C10H22N2/c1-8(2)12-5-4-9(3)6-10(12)7-11/h8-10H,4-7,11H2,1-3H3. The van der Waals surface area contributed by atoms with Gasteiger partial charge < -0.3 is 5.73 Å². The summed E-state index contributed by atoms with van der Waals surface area (Å²) in [4.78, 5) is 2.54. The van der Waals surface area contributed by atoms with E-state index >= 15 is 0 Å². The molecule has 0 aromatic heterocycles. The van der Waals surface area contributed by atoms with Gasteiger partial charge in [-0.05, 0) is 39.2 Å². The van der Waals surface area contributed by atoms with Crippen LogP contribution < -0.4 is 5.73 Å². The number of nitrogens with two attached hydrogens (primary N) is 1. The van der Waals surface area contributed by atoms with Crippen LogP contribution in [0.2, 0.25) is 0 Å². The van der Waals surface area contributed by atoms with E-state index in [1.54, 1.807) is 0 Å². The van der Waals surface area contributed by atoms with Crippen LogP contribution in [0.1, 0.15) is 33.6 Å². The first-order valence-electron chi connectivity index (χ1n) is 5.11. The highest BCUT2D eigenvalue weighted by Gasteiger charge is 2.26. The molecular weight excluding hydrogens is 148 g/mol. The average Bonchev–Trinajstić information content (AvgIpc) is 2.03. The van der Waals surface area contributed by atoms with Gasteiger partial charge in [-0.15, -0.1) is 0 Å². The molecule has 1 fully saturated rings. The zero-order valence-corrected chi connectivity index (χ0v) is 8.59. The molecule has 0 amide bonds. The van der Waals surface area contributed by atoms with Gasteiger partial charge in [0.15, 0.2) is 0 Å². The molecule has 2 heteroatoms. The predicted molar refractivity (Wildman–Crippen MR) is 53.1 cm³/mol. The third kappa shape index (κ3) is 2.20. The first-order valence-corrected chi connectivity index (χ1v) is 5.11. The van der Waals surface area contributed by atoms with Gasteiger partial charge in [-0.25, -0.2) is 0 Å². The molecule has 1 aliphatic rings. The van der Waals surface area contributed by atoms with Crippen LogP contribution in [-0.2, 0) is 0 Å². The van der Waals surface area contributed by atoms with E-state index < -0.39 is 0 Å². The van der Waals surface area contributed by atoms with Crippen LogP contribution >= 0.6 is 0 Å². The Morgan fingerprint density at radius 1 is 1.50 bits per heavy atom. The van der Waals surface area contributed by atoms with Crippen molar-refractivity contribution in [3.63, 3.8) is 0 Å². The van der Waals surface area contributed by atoms with Gasteiger partial charge in [-0.1, -0.05) is 6.92 Å². The van der Waals surface area contributed by atoms with Gasteiger partial charge in [-0.3, -0.25) is 4.90 Å². The second kappa shape index (κ2) is 4.24. The molecule has 2 N–H and O–H groups in total. The second-order valence-corrected chi connectivity index (χ2v) is 4.35. The Balaban J connectivity index is 2.50. The summed E-state index contributed by atoms with van der Waals surface area (Å²) in [6.45, 7) is 8.92. The molecule has 0 aliphatic carbocycles. The lowest BCUT2D eigenvalue weighted by molar-refractivity contribution is 0.0912. The molecule has 1 heterocycles. The summed E-state index contributed by atoms with van der Waals surface area (Å²) in [6.07, 6.45) is 2.63. The third-order valence-electron chi connectivity index (χ3n) is 2.96. The van der Waals surface area contributed by atoms with Crippen molar-refractivity contribution in [1.82, 2.24) is 4.90 Å². The maximum absolute atomic E-state index is 5.75. The number of piperidine rings is 1. The zero-order valence-electron chi connectivity index (χ0n) is 8.59. The van der Waals surface area contributed by atoms with Crippen molar-refractivity contribution >= 4 is 0 Å². The first kappa shape index (κ1) is 10.0. The summed E-state index contributed by atoms with van der Waals surface area (Å²) in [7, 11) is 0. The predicted octanol–water partition coefficient (Wildman–Crippen LogP) is 1.45. The lowest BCUT2D eigenvalue weighted by Gasteiger charge is -2.40. The number of rotatable bonds is 2. The van der Waals surface area contributed by atoms with Crippen molar-refractivity contribution in [3.05, 3.63) is 0 Å². The fourth-order valence-electron chi connectivity index (χ4n) is 2.18. The minimum atomic E-state index is 0.633. The van der Waals surface area contributed by atoms with Gasteiger partial charge in [0.05, 0.1) is 0 Å². The topological polar surface area (TPSA) is 29.3 Å². The van der Waals surface area contributed by atoms with E-state index in [0.717, 1.165) is 12.5 Å². The summed E-state index contributed by atoms with van der Waals surface area (Å²) in [6, 6.07) is 1.29. The Kier molecular flexibility index (Phi) is 3.53. The molecule has 1 rings (SSSR count). The van der Waals surface area contributed by atoms with E-state index in [4.69, 9.17) is 5.73 Å². The molecule has 0 aromatic carbocycles. The van der Waals surface area contributed by atoms with Gasteiger partial charge >= 0.3 is 0 Å². The van der Waals surface area contributed by atoms with Gasteiger partial charge in [-0.2, -0.15) is 0 Å². The summed E-state index contributed by atoms with van der Waals surface area (Å²) < 4.78 is 0. The van der Waals surface area contributed by atoms with E-state index in [-0.39, 0.29) is 0 Å². The van der Waals surface area contributed by atoms with E-state index in [1.165, 1.54) is 19.4 Å². The Bertz CT molecular complexity index is 134. The van der Waals surface area contributed by atoms with Crippen molar-refractivity contribution in [1.29, 1.82) is 0 Å². The fourth-order valence-corrected chi connectivity index (χ4v) is 2.18. The minimum absolute atomic E-state index is 0.633. The fraction of sp³-hybridized carbons (Fsp3) is 1.00. The van der Waals surface area contributed by atoms with Crippen molar-refractivity contribution in [2.24, 2.45) is 11.7 Å². The third-order valence-corrected chi connectivity index (χ3v) is 2.96. The second-order valence-electron chi connectivity index (χ2n) is 4.35. The maximum atomic E-state index is 5.75. The molecule has 1 saturated heterocycles. The molecule has 2 nitrogen and oxygen atoms in total. The van der Waals surface area contributed by atoms with Crippen LogP contribution in [0.4, 0.5) is 0 Å². The number of hydrogen-bond acceptors (Lipinski definition) is 2. The molecule has 0 radical (unpaired) electrons. The first-order chi connectivity index (χ1) is 5.65. The van der Waals surface area contributed by atoms with Gasteiger partial charge in [0.2, 0.25) is 0 Å². The maximum Gasteiger partial charge on any atom is 0.0223 e. The highest BCUT2D eigenvalue weighted by atomic mass is 15.2. The van der Waals surface area contributed by atoms with E-state index in [1.807, 2.05) is 0 Å². The lowest BCUT2D eigenvalue weighted by atomic mass is 9.91. The number of nitrogens with zero attached hydrogens (tertiary/aromatic N) is 1. The Labute approximate surface area is 76.1 Å². The molecule has 0 bridgehead atoms. The van der Waals surface area contributed by atoms with Gasteiger partial charge in [0, 0.05) is 18.6 Å². The Morgan fingerprint density at radius 2 is 2.17 bits per heavy atom. The van der Waals surface area contributed by atoms with Crippen LogP contribution in [0.15, 0.2) is 0 Å². The molecule has 12 heavy (non-hydrogen) atoms. The number of likely N-dealkylation sites (tertiary alicyclic amines) is 1. The monoisotopic (exact) mass is 170 g/mol. The van der Waals surface area contributed by atoms with Crippen LogP contribution in [0.3, 0.4) is 0 Å².